The molecule has 7 N–H and O–H groups in total. The molecule has 0 aliphatic carbocycles. The third-order valence-electron chi connectivity index (χ3n) is 3.28. The van der Waals surface area contributed by atoms with E-state index in [2.05, 4.69) is 25.1 Å². The molecule has 0 saturated carbocycles. The Bertz CT molecular complexity index is 895. The van der Waals surface area contributed by atoms with Gasteiger partial charge in [0, 0.05) is 64.5 Å². The molecule has 1 aromatic heterocycles. The quantitative estimate of drug-likeness (QED) is 0.0943. The smallest absolute Gasteiger partial charge is 0.344 e. The molecule has 1 aliphatic rings. The molecule has 1 saturated heterocycles. The molecule has 0 spiro atoms. The number of amides is 3. The Labute approximate surface area is 221 Å². The molecule has 1 aliphatic heterocycles. The summed E-state index contributed by atoms with van der Waals surface area (Å²) in [4.78, 5) is 70.3. The van der Waals surface area contributed by atoms with Crippen molar-refractivity contribution in [3.8, 4) is 0 Å². The maximum atomic E-state index is 12.5. The minimum Gasteiger partial charge on any atom is -0.479 e. The van der Waals surface area contributed by atoms with Crippen molar-refractivity contribution in [2.45, 2.75) is 12.1 Å². The van der Waals surface area contributed by atoms with Gasteiger partial charge in [0.05, 0.1) is 0 Å². The number of anilines is 1. The topological polar surface area (TPSA) is 237 Å². The Morgan fingerprint density at radius 2 is 1.84 bits per heavy atom. The molecular weight excluding hydrogens is 462 g/mol. The van der Waals surface area contributed by atoms with Crippen molar-refractivity contribution in [1.29, 1.82) is 0 Å². The zero-order chi connectivity index (χ0) is 21.7. The molecule has 1 aromatic rings. The van der Waals surface area contributed by atoms with Gasteiger partial charge in [0.15, 0.2) is 23.5 Å². The van der Waals surface area contributed by atoms with Crippen molar-refractivity contribution >= 4 is 111 Å². The summed E-state index contributed by atoms with van der Waals surface area (Å²) in [6.45, 7) is -1.77. The Balaban J connectivity index is 0.00000450. The van der Waals surface area contributed by atoms with Crippen molar-refractivity contribution in [2.24, 2.45) is 10.9 Å². The molecule has 15 nitrogen and oxygen atoms in total. The number of carbonyl (C=O) groups excluding carboxylic acids is 3. The van der Waals surface area contributed by atoms with Gasteiger partial charge in [0.2, 0.25) is 12.5 Å². The van der Waals surface area contributed by atoms with Gasteiger partial charge in [0.25, 0.3) is 11.8 Å². The summed E-state index contributed by atoms with van der Waals surface area (Å²) in [5.74, 6) is -5.82. The van der Waals surface area contributed by atoms with Crippen LogP contribution in [0.2, 0.25) is 0 Å². The standard InChI is InChI=1S/C13H14N6O9S.2Na/c14-10(24)9-8(12(26)19(9)28-2-6(22)23)17-11(25)7(18-27-1-5(20)21)4-3-29-13(15)16-4;;/h3,8-9H,1-2H2,(H2,14,24)(H2,15,16)(H,17,25)(H,20,21)(H,22,23);;/t8-,9-;;/m0../s1. The van der Waals surface area contributed by atoms with Crippen LogP contribution in [0.1, 0.15) is 5.69 Å². The predicted octanol–water partition coefficient (Wildman–Crippen LogP) is -4.03. The number of oxime groups is 1. The van der Waals surface area contributed by atoms with Crippen LogP contribution in [0.3, 0.4) is 0 Å². The summed E-state index contributed by atoms with van der Waals surface area (Å²) >= 11 is 0.953. The molecule has 2 rings (SSSR count). The summed E-state index contributed by atoms with van der Waals surface area (Å²) < 4.78 is 0. The summed E-state index contributed by atoms with van der Waals surface area (Å²) in [5.41, 5.74) is 10.1. The van der Waals surface area contributed by atoms with E-state index in [0.717, 1.165) is 11.3 Å². The molecule has 18 heteroatoms. The average molecular weight is 476 g/mol. The number of primary amides is 1. The summed E-state index contributed by atoms with van der Waals surface area (Å²) in [7, 11) is 0. The molecule has 2 radical (unpaired) electrons. The summed E-state index contributed by atoms with van der Waals surface area (Å²) in [6.07, 6.45) is 0. The fraction of sp³-hybridized carbons (Fsp3) is 0.308. The van der Waals surface area contributed by atoms with Crippen molar-refractivity contribution < 1.29 is 43.9 Å². The third kappa shape index (κ3) is 7.69. The van der Waals surface area contributed by atoms with Crippen LogP contribution >= 0.6 is 11.3 Å². The van der Waals surface area contributed by atoms with E-state index in [1.807, 2.05) is 0 Å². The van der Waals surface area contributed by atoms with Crippen LogP contribution in [0.25, 0.3) is 0 Å². The van der Waals surface area contributed by atoms with Crippen molar-refractivity contribution in [3.05, 3.63) is 11.1 Å². The van der Waals surface area contributed by atoms with Gasteiger partial charge >= 0.3 is 11.9 Å². The largest absolute Gasteiger partial charge is 0.479 e. The van der Waals surface area contributed by atoms with E-state index in [1.165, 1.54) is 5.38 Å². The van der Waals surface area contributed by atoms with E-state index in [-0.39, 0.29) is 69.9 Å². The second kappa shape index (κ2) is 12.9. The first kappa shape index (κ1) is 29.2. The van der Waals surface area contributed by atoms with Crippen molar-refractivity contribution in [3.63, 3.8) is 0 Å². The molecule has 3 amide bonds. The number of nitrogens with one attached hydrogen (secondary N) is 1. The molecule has 0 bridgehead atoms. The molecule has 0 unspecified atom stereocenters. The number of β-lactam (4-membered cyclic amide) rings is 1. The van der Waals surface area contributed by atoms with Crippen molar-refractivity contribution in [2.75, 3.05) is 18.9 Å². The molecular formula is C13H14N6Na2O9S. The van der Waals surface area contributed by atoms with Crippen LogP contribution in [-0.4, -0.2) is 140 Å². The van der Waals surface area contributed by atoms with Gasteiger partial charge in [0.1, 0.15) is 11.7 Å². The number of thiazole rings is 1. The van der Waals surface area contributed by atoms with Gasteiger partial charge in [-0.2, -0.15) is 0 Å². The van der Waals surface area contributed by atoms with Crippen LogP contribution in [0, 0.1) is 0 Å². The van der Waals surface area contributed by atoms with Crippen LogP contribution in [-0.2, 0) is 33.6 Å². The first-order valence-electron chi connectivity index (χ1n) is 7.53. The van der Waals surface area contributed by atoms with E-state index in [1.54, 1.807) is 0 Å². The average Bonchev–Trinajstić information content (AvgIpc) is 3.05. The number of hydrogen-bond donors (Lipinski definition) is 5. The number of nitrogens with two attached hydrogens (primary N) is 2. The van der Waals surface area contributed by atoms with Gasteiger partial charge in [-0.25, -0.2) is 19.6 Å². The SMILES string of the molecule is NC(=O)[C@@H]1[C@H](NC(=O)C(=NOCC(=O)O)c2csc(N)n2)C(=O)N1OCC(=O)O.[Na].[Na]. The molecule has 2 atom stereocenters. The molecule has 1 fully saturated rings. The summed E-state index contributed by atoms with van der Waals surface area (Å²) in [6, 6.07) is -2.96. The first-order chi connectivity index (χ1) is 13.6. The number of carbonyl (C=O) groups is 5. The van der Waals surface area contributed by atoms with Crippen LogP contribution in [0.15, 0.2) is 10.5 Å². The molecule has 2 heterocycles. The number of hydrogen-bond acceptors (Lipinski definition) is 11. The van der Waals surface area contributed by atoms with E-state index in [4.69, 9.17) is 21.7 Å². The molecule has 31 heavy (non-hydrogen) atoms. The van der Waals surface area contributed by atoms with E-state index in [9.17, 15) is 24.0 Å². The Hall–Kier alpha value is -1.79. The first-order valence-corrected chi connectivity index (χ1v) is 8.40. The minimum atomic E-state index is -1.48. The number of hydroxylamine groups is 2. The normalized spacial score (nSPS) is 17.5. The van der Waals surface area contributed by atoms with Gasteiger partial charge in [-0.15, -0.1) is 11.3 Å². The fourth-order valence-corrected chi connectivity index (χ4v) is 2.66. The number of rotatable bonds is 10. The number of carboxylic acids is 2. The number of carboxylic acid groups (broad SMARTS) is 2. The van der Waals surface area contributed by atoms with Crippen LogP contribution in [0.4, 0.5) is 5.13 Å². The van der Waals surface area contributed by atoms with E-state index < -0.39 is 60.7 Å². The van der Waals surface area contributed by atoms with Gasteiger partial charge in [-0.3, -0.25) is 19.2 Å². The number of nitrogens with zero attached hydrogens (tertiary/aromatic N) is 3. The summed E-state index contributed by atoms with van der Waals surface area (Å²) in [5, 5.41) is 24.6. The molecule has 158 valence electrons. The maximum absolute atomic E-state index is 12.5. The van der Waals surface area contributed by atoms with Crippen molar-refractivity contribution in [1.82, 2.24) is 15.4 Å². The van der Waals surface area contributed by atoms with Crippen LogP contribution < -0.4 is 16.8 Å². The second-order valence-corrected chi connectivity index (χ2v) is 6.20. The molecule has 0 aromatic carbocycles. The van der Waals surface area contributed by atoms with E-state index >= 15 is 0 Å². The predicted molar refractivity (Wildman–Crippen MR) is 104 cm³/mol. The van der Waals surface area contributed by atoms with Gasteiger partial charge in [-0.1, -0.05) is 5.16 Å². The fourth-order valence-electron chi connectivity index (χ4n) is 2.11. The van der Waals surface area contributed by atoms with E-state index in [0.29, 0.717) is 5.06 Å². The zero-order valence-corrected chi connectivity index (χ0v) is 21.1. The van der Waals surface area contributed by atoms with Crippen LogP contribution in [0.5, 0.6) is 0 Å². The minimum absolute atomic E-state index is 0. The maximum Gasteiger partial charge on any atom is 0.344 e. The van der Waals surface area contributed by atoms with Gasteiger partial charge in [-0.05, 0) is 0 Å². The third-order valence-corrected chi connectivity index (χ3v) is 3.95. The second-order valence-electron chi connectivity index (χ2n) is 5.31. The monoisotopic (exact) mass is 476 g/mol. The number of nitrogen functional groups attached to an aromatic ring is 1. The number of aromatic nitrogens is 1. The Morgan fingerprint density at radius 1 is 1.23 bits per heavy atom. The Kier molecular flexibility index (Phi) is 12.2. The zero-order valence-electron chi connectivity index (χ0n) is 16.3. The van der Waals surface area contributed by atoms with Gasteiger partial charge < -0.3 is 31.8 Å². The Morgan fingerprint density at radius 3 is 2.32 bits per heavy atom. The number of aliphatic carboxylic acids is 2.